The lowest BCUT2D eigenvalue weighted by atomic mass is 9.99. The fraction of sp³-hybridized carbons (Fsp3) is 0.0800. The van der Waals surface area contributed by atoms with Crippen LogP contribution < -0.4 is 0 Å². The summed E-state index contributed by atoms with van der Waals surface area (Å²) in [7, 11) is 0. The number of aromatic nitrogens is 4. The molecular formula is C50H38N4. The molecular weight excluding hydrogens is 657 g/mol. The van der Waals surface area contributed by atoms with Crippen molar-refractivity contribution in [2.75, 3.05) is 0 Å². The molecule has 0 N–H and O–H groups in total. The summed E-state index contributed by atoms with van der Waals surface area (Å²) in [6.45, 7) is 8.61. The van der Waals surface area contributed by atoms with Crippen molar-refractivity contribution in [2.45, 2.75) is 27.7 Å². The van der Waals surface area contributed by atoms with Crippen LogP contribution in [0.2, 0.25) is 0 Å². The number of nitrogens with zero attached hydrogens (tertiary/aromatic N) is 4. The molecule has 0 fully saturated rings. The highest BCUT2D eigenvalue weighted by Gasteiger charge is 2.14. The van der Waals surface area contributed by atoms with Gasteiger partial charge in [0.2, 0.25) is 0 Å². The van der Waals surface area contributed by atoms with Crippen LogP contribution in [0, 0.1) is 27.7 Å². The first-order valence-corrected chi connectivity index (χ1v) is 18.4. The summed E-state index contributed by atoms with van der Waals surface area (Å²) in [6, 6.07) is 46.6. The van der Waals surface area contributed by atoms with E-state index in [1.54, 1.807) is 0 Å². The summed E-state index contributed by atoms with van der Waals surface area (Å²) < 4.78 is 0. The fourth-order valence-corrected chi connectivity index (χ4v) is 7.45. The SMILES string of the molecule is Cc1cc(C=Cc2ccccc2)nc2c1ccc1c(C)cc(-c3ccc(-c4cc(C)c5ccc6c(C)cc(/C=C/c7ccccc7)nc6c5n4)cc3)nc12. The average Bonchev–Trinajstić information content (AvgIpc) is 3.20. The number of benzene rings is 5. The summed E-state index contributed by atoms with van der Waals surface area (Å²) in [4.78, 5) is 20.8. The number of pyridine rings is 4. The van der Waals surface area contributed by atoms with Crippen molar-refractivity contribution in [1.29, 1.82) is 0 Å². The second kappa shape index (κ2) is 13.6. The van der Waals surface area contributed by atoms with Crippen LogP contribution in [0.15, 0.2) is 133 Å². The third-order valence-electron chi connectivity index (χ3n) is 10.4. The third kappa shape index (κ3) is 6.22. The maximum absolute atomic E-state index is 5.26. The highest BCUT2D eigenvalue weighted by molar-refractivity contribution is 6.07. The number of aryl methyl sites for hydroxylation is 4. The monoisotopic (exact) mass is 694 g/mol. The van der Waals surface area contributed by atoms with E-state index >= 15 is 0 Å². The Morgan fingerprint density at radius 3 is 1.04 bits per heavy atom. The molecule has 0 aliphatic carbocycles. The quantitative estimate of drug-likeness (QED) is 0.163. The molecule has 54 heavy (non-hydrogen) atoms. The second-order valence-electron chi connectivity index (χ2n) is 14.2. The van der Waals surface area contributed by atoms with Gasteiger partial charge in [0.05, 0.1) is 44.8 Å². The molecule has 5 aromatic carbocycles. The van der Waals surface area contributed by atoms with Gasteiger partial charge >= 0.3 is 0 Å². The average molecular weight is 695 g/mol. The standard InChI is InChI=1S/C50H38N4/c1-31-27-39(21-15-35-11-7-5-8-12-35)51-47-41(31)23-25-43-33(3)29-45(53-49(43)47)37-17-19-38(20-18-37)46-30-34(4)44-26-24-42-32(2)28-40(52-48(42)50(44)54-46)22-16-36-13-9-6-10-14-36/h5-30H,1-4H3/b21-15+,22-16?. The fourth-order valence-electron chi connectivity index (χ4n) is 7.45. The first-order chi connectivity index (χ1) is 26.4. The second-order valence-corrected chi connectivity index (χ2v) is 14.2. The van der Waals surface area contributed by atoms with E-state index in [0.29, 0.717) is 0 Å². The normalized spacial score (nSPS) is 11.9. The minimum absolute atomic E-state index is 0.918. The van der Waals surface area contributed by atoms with E-state index < -0.39 is 0 Å². The molecule has 4 nitrogen and oxygen atoms in total. The highest BCUT2D eigenvalue weighted by atomic mass is 14.8. The van der Waals surface area contributed by atoms with E-state index in [0.717, 1.165) is 88.6 Å². The topological polar surface area (TPSA) is 51.6 Å². The zero-order chi connectivity index (χ0) is 36.8. The van der Waals surface area contributed by atoms with Crippen molar-refractivity contribution >= 4 is 67.9 Å². The van der Waals surface area contributed by atoms with Gasteiger partial charge < -0.3 is 0 Å². The molecule has 0 amide bonds. The molecule has 9 aromatic rings. The van der Waals surface area contributed by atoms with Crippen LogP contribution in [0.4, 0.5) is 0 Å². The lowest BCUT2D eigenvalue weighted by Gasteiger charge is -2.12. The van der Waals surface area contributed by atoms with Crippen molar-refractivity contribution in [1.82, 2.24) is 19.9 Å². The minimum atomic E-state index is 0.918. The van der Waals surface area contributed by atoms with Gasteiger partial charge in [0.25, 0.3) is 0 Å². The minimum Gasteiger partial charge on any atom is -0.246 e. The Kier molecular flexibility index (Phi) is 8.36. The van der Waals surface area contributed by atoms with Gasteiger partial charge in [-0.05, 0) is 97.5 Å². The van der Waals surface area contributed by atoms with Gasteiger partial charge in [-0.15, -0.1) is 0 Å². The summed E-state index contributed by atoms with van der Waals surface area (Å²) in [6.07, 6.45) is 8.39. The van der Waals surface area contributed by atoms with Gasteiger partial charge in [0.1, 0.15) is 0 Å². The molecule has 0 unspecified atom stereocenters. The molecule has 4 aromatic heterocycles. The smallest absolute Gasteiger partial charge is 0.0975 e. The zero-order valence-corrected chi connectivity index (χ0v) is 30.8. The van der Waals surface area contributed by atoms with Crippen LogP contribution in [0.5, 0.6) is 0 Å². The lowest BCUT2D eigenvalue weighted by Crippen LogP contribution is -1.95. The summed E-state index contributed by atoms with van der Waals surface area (Å²) in [5, 5.41) is 4.47. The van der Waals surface area contributed by atoms with E-state index in [1.807, 2.05) is 36.4 Å². The molecule has 0 bridgehead atoms. The van der Waals surface area contributed by atoms with Crippen molar-refractivity contribution < 1.29 is 0 Å². The molecule has 9 rings (SSSR count). The van der Waals surface area contributed by atoms with Gasteiger partial charge in [-0.25, -0.2) is 19.9 Å². The van der Waals surface area contributed by atoms with Crippen LogP contribution in [0.1, 0.15) is 44.8 Å². The van der Waals surface area contributed by atoms with Crippen LogP contribution in [0.3, 0.4) is 0 Å². The number of rotatable bonds is 6. The molecule has 0 atom stereocenters. The molecule has 0 aliphatic heterocycles. The van der Waals surface area contributed by atoms with Gasteiger partial charge in [-0.1, -0.05) is 121 Å². The first kappa shape index (κ1) is 33.1. The van der Waals surface area contributed by atoms with Crippen molar-refractivity contribution in [3.8, 4) is 22.5 Å². The van der Waals surface area contributed by atoms with E-state index in [1.165, 1.54) is 22.3 Å². The Morgan fingerprint density at radius 2 is 0.667 bits per heavy atom. The lowest BCUT2D eigenvalue weighted by molar-refractivity contribution is 1.31. The van der Waals surface area contributed by atoms with Gasteiger partial charge in [0, 0.05) is 32.7 Å². The van der Waals surface area contributed by atoms with Gasteiger partial charge in [-0.3, -0.25) is 0 Å². The summed E-state index contributed by atoms with van der Waals surface area (Å²) >= 11 is 0. The molecule has 0 radical (unpaired) electrons. The number of hydrogen-bond acceptors (Lipinski definition) is 4. The Labute approximate surface area is 315 Å². The van der Waals surface area contributed by atoms with Crippen molar-refractivity contribution in [2.24, 2.45) is 0 Å². The maximum atomic E-state index is 5.26. The Bertz CT molecular complexity index is 2740. The van der Waals surface area contributed by atoms with Crippen LogP contribution in [-0.4, -0.2) is 19.9 Å². The van der Waals surface area contributed by atoms with Crippen molar-refractivity contribution in [3.63, 3.8) is 0 Å². The Hall–Kier alpha value is -6.78. The molecule has 0 spiro atoms. The predicted octanol–water partition coefficient (Wildman–Crippen LogP) is 12.8. The molecule has 0 aliphatic rings. The van der Waals surface area contributed by atoms with Crippen LogP contribution in [0.25, 0.3) is 90.4 Å². The van der Waals surface area contributed by atoms with Gasteiger partial charge in [-0.2, -0.15) is 0 Å². The molecule has 4 heteroatoms. The number of fused-ring (bicyclic) bond motifs is 6. The molecule has 4 heterocycles. The maximum Gasteiger partial charge on any atom is 0.0975 e. The van der Waals surface area contributed by atoms with E-state index in [2.05, 4.69) is 149 Å². The Balaban J connectivity index is 1.09. The molecule has 0 saturated carbocycles. The Morgan fingerprint density at radius 1 is 0.333 bits per heavy atom. The molecule has 0 saturated heterocycles. The summed E-state index contributed by atoms with van der Waals surface area (Å²) in [5.74, 6) is 0. The van der Waals surface area contributed by atoms with Crippen molar-refractivity contribution in [3.05, 3.63) is 178 Å². The van der Waals surface area contributed by atoms with Crippen LogP contribution >= 0.6 is 0 Å². The summed E-state index contributed by atoms with van der Waals surface area (Å²) in [5.41, 5.74) is 16.5. The molecule has 258 valence electrons. The highest BCUT2D eigenvalue weighted by Crippen LogP contribution is 2.34. The predicted molar refractivity (Wildman–Crippen MR) is 228 cm³/mol. The zero-order valence-electron chi connectivity index (χ0n) is 30.8. The van der Waals surface area contributed by atoms with Crippen LogP contribution in [-0.2, 0) is 0 Å². The largest absolute Gasteiger partial charge is 0.246 e. The van der Waals surface area contributed by atoms with Gasteiger partial charge in [0.15, 0.2) is 0 Å². The third-order valence-corrected chi connectivity index (χ3v) is 10.4. The van der Waals surface area contributed by atoms with E-state index in [4.69, 9.17) is 19.9 Å². The van der Waals surface area contributed by atoms with E-state index in [-0.39, 0.29) is 0 Å². The number of hydrogen-bond donors (Lipinski definition) is 0. The first-order valence-electron chi connectivity index (χ1n) is 18.4. The van der Waals surface area contributed by atoms with E-state index in [9.17, 15) is 0 Å².